The Balaban J connectivity index is 1.76. The second-order valence-electron chi connectivity index (χ2n) is 5.00. The van der Waals surface area contributed by atoms with Crippen molar-refractivity contribution in [2.75, 3.05) is 5.75 Å². The van der Waals surface area contributed by atoms with Gasteiger partial charge in [0.25, 0.3) is 0 Å². The molecule has 0 bridgehead atoms. The summed E-state index contributed by atoms with van der Waals surface area (Å²) >= 11 is 1.52. The zero-order valence-corrected chi connectivity index (χ0v) is 11.9. The molecule has 1 fully saturated rings. The number of aliphatic hydroxyl groups is 1. The van der Waals surface area contributed by atoms with Gasteiger partial charge in [-0.25, -0.2) is 0 Å². The maximum Gasteiger partial charge on any atom is 0.230 e. The number of thioether (sulfide) groups is 1. The lowest BCUT2D eigenvalue weighted by Crippen LogP contribution is -2.37. The van der Waals surface area contributed by atoms with Crippen LogP contribution in [0.25, 0.3) is 0 Å². The van der Waals surface area contributed by atoms with Crippen LogP contribution >= 0.6 is 11.8 Å². The van der Waals surface area contributed by atoms with Crippen LogP contribution in [0.4, 0.5) is 0 Å². The molecule has 0 heterocycles. The lowest BCUT2D eigenvalue weighted by atomic mass is 9.95. The topological polar surface area (TPSA) is 49.3 Å². The van der Waals surface area contributed by atoms with Crippen LogP contribution in [-0.4, -0.2) is 22.8 Å². The van der Waals surface area contributed by atoms with E-state index < -0.39 is 0 Å². The molecule has 1 aliphatic rings. The second kappa shape index (κ2) is 7.56. The van der Waals surface area contributed by atoms with Crippen LogP contribution in [0.1, 0.15) is 37.7 Å². The fourth-order valence-corrected chi connectivity index (χ4v) is 3.19. The van der Waals surface area contributed by atoms with Gasteiger partial charge in [-0.1, -0.05) is 31.4 Å². The lowest BCUT2D eigenvalue weighted by molar-refractivity contribution is -0.119. The highest BCUT2D eigenvalue weighted by molar-refractivity contribution is 8.00. The molecule has 0 radical (unpaired) electrons. The largest absolute Gasteiger partial charge is 0.392 e. The van der Waals surface area contributed by atoms with E-state index in [4.69, 9.17) is 5.11 Å². The monoisotopic (exact) mass is 279 g/mol. The summed E-state index contributed by atoms with van der Waals surface area (Å²) in [6.07, 6.45) is 6.01. The Bertz CT molecular complexity index is 416. The fourth-order valence-electron chi connectivity index (χ4n) is 2.40. The van der Waals surface area contributed by atoms with Crippen LogP contribution in [0.2, 0.25) is 0 Å². The molecule has 1 aliphatic carbocycles. The summed E-state index contributed by atoms with van der Waals surface area (Å²) in [5.74, 6) is 0.567. The van der Waals surface area contributed by atoms with Crippen molar-refractivity contribution in [3.63, 3.8) is 0 Å². The maximum atomic E-state index is 11.9. The van der Waals surface area contributed by atoms with Crippen LogP contribution in [-0.2, 0) is 11.4 Å². The van der Waals surface area contributed by atoms with Gasteiger partial charge >= 0.3 is 0 Å². The lowest BCUT2D eigenvalue weighted by Gasteiger charge is -2.22. The minimum absolute atomic E-state index is 0.0443. The van der Waals surface area contributed by atoms with Crippen molar-refractivity contribution < 1.29 is 9.90 Å². The van der Waals surface area contributed by atoms with Gasteiger partial charge in [0.05, 0.1) is 12.4 Å². The number of hydrogen-bond acceptors (Lipinski definition) is 3. The number of amides is 1. The van der Waals surface area contributed by atoms with Gasteiger partial charge in [-0.05, 0) is 30.5 Å². The third-order valence-electron chi connectivity index (χ3n) is 3.42. The number of carbonyl (C=O) groups excluding carboxylic acids is 1. The number of hydrogen-bond donors (Lipinski definition) is 2. The van der Waals surface area contributed by atoms with Gasteiger partial charge in [-0.15, -0.1) is 11.8 Å². The Kier molecular flexibility index (Phi) is 5.73. The molecule has 0 saturated heterocycles. The molecule has 1 aromatic carbocycles. The van der Waals surface area contributed by atoms with Crippen molar-refractivity contribution in [3.05, 3.63) is 29.8 Å². The van der Waals surface area contributed by atoms with Gasteiger partial charge < -0.3 is 10.4 Å². The maximum absolute atomic E-state index is 11.9. The zero-order valence-electron chi connectivity index (χ0n) is 11.1. The fraction of sp³-hybridized carbons (Fsp3) is 0.533. The number of benzene rings is 1. The molecule has 4 heteroatoms. The van der Waals surface area contributed by atoms with Crippen molar-refractivity contribution in [2.24, 2.45) is 0 Å². The summed E-state index contributed by atoms with van der Waals surface area (Å²) in [6, 6.07) is 8.07. The first-order valence-electron chi connectivity index (χ1n) is 6.90. The third-order valence-corrected chi connectivity index (χ3v) is 4.42. The average Bonchev–Trinajstić information content (AvgIpc) is 2.46. The minimum atomic E-state index is 0.0443. The van der Waals surface area contributed by atoms with E-state index in [0.29, 0.717) is 11.8 Å². The van der Waals surface area contributed by atoms with Gasteiger partial charge in [0.2, 0.25) is 5.91 Å². The standard InChI is InChI=1S/C15H21NO2S/c17-10-12-5-4-8-14(9-12)19-11-15(18)16-13-6-2-1-3-7-13/h4-5,8-9,13,17H,1-3,6-7,10-11H2,(H,16,18). The molecule has 2 rings (SSSR count). The summed E-state index contributed by atoms with van der Waals surface area (Å²) < 4.78 is 0. The molecule has 19 heavy (non-hydrogen) atoms. The molecular weight excluding hydrogens is 258 g/mol. The van der Waals surface area contributed by atoms with E-state index in [2.05, 4.69) is 5.32 Å². The molecule has 0 spiro atoms. The molecule has 0 unspecified atom stereocenters. The summed E-state index contributed by atoms with van der Waals surface area (Å²) in [7, 11) is 0. The molecule has 3 nitrogen and oxygen atoms in total. The third kappa shape index (κ3) is 4.88. The second-order valence-corrected chi connectivity index (χ2v) is 6.05. The summed E-state index contributed by atoms with van der Waals surface area (Å²) in [4.78, 5) is 12.9. The smallest absolute Gasteiger partial charge is 0.230 e. The number of aliphatic hydroxyl groups excluding tert-OH is 1. The predicted octanol–water partition coefficient (Wildman–Crippen LogP) is 2.72. The average molecular weight is 279 g/mol. The van der Waals surface area contributed by atoms with Gasteiger partial charge in [0, 0.05) is 10.9 Å². The van der Waals surface area contributed by atoms with Crippen molar-refractivity contribution >= 4 is 17.7 Å². The number of nitrogens with one attached hydrogen (secondary N) is 1. The normalized spacial score (nSPS) is 16.3. The van der Waals surface area contributed by atoms with E-state index in [1.165, 1.54) is 31.0 Å². The summed E-state index contributed by atoms with van der Waals surface area (Å²) in [5, 5.41) is 12.2. The van der Waals surface area contributed by atoms with Crippen LogP contribution in [0.5, 0.6) is 0 Å². The van der Waals surface area contributed by atoms with Crippen molar-refractivity contribution in [1.82, 2.24) is 5.32 Å². The molecule has 104 valence electrons. The number of rotatable bonds is 5. The van der Waals surface area contributed by atoms with Crippen LogP contribution < -0.4 is 5.32 Å². The Morgan fingerprint density at radius 1 is 1.32 bits per heavy atom. The highest BCUT2D eigenvalue weighted by Gasteiger charge is 2.15. The molecule has 0 atom stereocenters. The minimum Gasteiger partial charge on any atom is -0.392 e. The van der Waals surface area contributed by atoms with Gasteiger partial charge in [0.15, 0.2) is 0 Å². The molecular formula is C15H21NO2S. The van der Waals surface area contributed by atoms with Gasteiger partial charge in [-0.3, -0.25) is 4.79 Å². The van der Waals surface area contributed by atoms with E-state index in [9.17, 15) is 4.79 Å². The molecule has 1 amide bonds. The van der Waals surface area contributed by atoms with Crippen molar-refractivity contribution in [1.29, 1.82) is 0 Å². The van der Waals surface area contributed by atoms with E-state index in [-0.39, 0.29) is 12.5 Å². The van der Waals surface area contributed by atoms with Gasteiger partial charge in [0.1, 0.15) is 0 Å². The SMILES string of the molecule is O=C(CSc1cccc(CO)c1)NC1CCCCC1. The predicted molar refractivity (Wildman–Crippen MR) is 78.1 cm³/mol. The molecule has 1 aromatic rings. The van der Waals surface area contributed by atoms with Crippen LogP contribution in [0.3, 0.4) is 0 Å². The number of carbonyl (C=O) groups is 1. The quantitative estimate of drug-likeness (QED) is 0.815. The van der Waals surface area contributed by atoms with Crippen LogP contribution in [0.15, 0.2) is 29.2 Å². The Labute approximate surface area is 118 Å². The van der Waals surface area contributed by atoms with E-state index in [1.807, 2.05) is 24.3 Å². The van der Waals surface area contributed by atoms with Crippen molar-refractivity contribution in [2.45, 2.75) is 49.6 Å². The first-order chi connectivity index (χ1) is 9.28. The first kappa shape index (κ1) is 14.4. The van der Waals surface area contributed by atoms with Gasteiger partial charge in [-0.2, -0.15) is 0 Å². The Morgan fingerprint density at radius 2 is 2.11 bits per heavy atom. The highest BCUT2D eigenvalue weighted by Crippen LogP contribution is 2.20. The summed E-state index contributed by atoms with van der Waals surface area (Å²) in [5.41, 5.74) is 0.887. The molecule has 0 aromatic heterocycles. The zero-order chi connectivity index (χ0) is 13.5. The molecule has 1 saturated carbocycles. The molecule has 0 aliphatic heterocycles. The van der Waals surface area contributed by atoms with Crippen molar-refractivity contribution in [3.8, 4) is 0 Å². The molecule has 2 N–H and O–H groups in total. The Morgan fingerprint density at radius 3 is 2.84 bits per heavy atom. The first-order valence-corrected chi connectivity index (χ1v) is 7.88. The highest BCUT2D eigenvalue weighted by atomic mass is 32.2. The van der Waals surface area contributed by atoms with E-state index >= 15 is 0 Å². The van der Waals surface area contributed by atoms with Crippen LogP contribution in [0, 0.1) is 0 Å². The summed E-state index contributed by atoms with van der Waals surface area (Å²) in [6.45, 7) is 0.0443. The Hall–Kier alpha value is -1.00. The van der Waals surface area contributed by atoms with E-state index in [0.717, 1.165) is 23.3 Å². The van der Waals surface area contributed by atoms with E-state index in [1.54, 1.807) is 0 Å².